The van der Waals surface area contributed by atoms with Crippen LogP contribution in [0.2, 0.25) is 0 Å². The number of amides is 1. The van der Waals surface area contributed by atoms with Crippen LogP contribution in [0.1, 0.15) is 43.0 Å². The second kappa shape index (κ2) is 8.55. The topological polar surface area (TPSA) is 84.9 Å². The summed E-state index contributed by atoms with van der Waals surface area (Å²) in [5, 5.41) is 0. The van der Waals surface area contributed by atoms with Gasteiger partial charge in [0.1, 0.15) is 16.4 Å². The molecule has 4 rings (SSSR count). The Morgan fingerprint density at radius 3 is 2.83 bits per heavy atom. The highest BCUT2D eigenvalue weighted by atomic mass is 32.2. The minimum atomic E-state index is -3.89. The molecule has 8 heteroatoms. The number of hydrogen-bond acceptors (Lipinski definition) is 5. The molecule has 0 bridgehead atoms. The van der Waals surface area contributed by atoms with E-state index in [1.807, 2.05) is 4.90 Å². The van der Waals surface area contributed by atoms with Crippen molar-refractivity contribution in [3.8, 4) is 11.5 Å². The standard InChI is InChI=1S/C22H26N2O5S/c1-2-28-20-8-3-4-9-21(20)30(26,27)23-16-10-11-19-18(15-16)22(25)24-13-6-5-7-17(24)12-14-29-19/h3-4,8-11,15,17,23H,2,5-7,12-14H2,1H3. The van der Waals surface area contributed by atoms with E-state index in [0.29, 0.717) is 30.2 Å². The number of nitrogens with one attached hydrogen (secondary N) is 1. The van der Waals surface area contributed by atoms with E-state index in [1.54, 1.807) is 43.3 Å². The van der Waals surface area contributed by atoms with Crippen LogP contribution in [0.25, 0.3) is 0 Å². The molecule has 2 aromatic carbocycles. The maximum absolute atomic E-state index is 13.2. The summed E-state index contributed by atoms with van der Waals surface area (Å²) in [6.45, 7) is 3.41. The molecular weight excluding hydrogens is 404 g/mol. The van der Waals surface area contributed by atoms with Gasteiger partial charge in [0, 0.05) is 24.7 Å². The van der Waals surface area contributed by atoms with E-state index in [-0.39, 0.29) is 22.6 Å². The molecule has 1 fully saturated rings. The molecule has 0 spiro atoms. The van der Waals surface area contributed by atoms with Crippen molar-refractivity contribution in [3.05, 3.63) is 48.0 Å². The Hall–Kier alpha value is -2.74. The average molecular weight is 431 g/mol. The van der Waals surface area contributed by atoms with Gasteiger partial charge in [0.05, 0.1) is 18.8 Å². The summed E-state index contributed by atoms with van der Waals surface area (Å²) in [4.78, 5) is 15.2. The van der Waals surface area contributed by atoms with Crippen molar-refractivity contribution in [1.29, 1.82) is 0 Å². The lowest BCUT2D eigenvalue weighted by molar-refractivity contribution is 0.0548. The summed E-state index contributed by atoms with van der Waals surface area (Å²) in [6.07, 6.45) is 3.89. The molecule has 2 aliphatic rings. The van der Waals surface area contributed by atoms with Crippen molar-refractivity contribution in [1.82, 2.24) is 4.90 Å². The van der Waals surface area contributed by atoms with E-state index in [1.165, 1.54) is 6.07 Å². The van der Waals surface area contributed by atoms with Crippen LogP contribution in [0.5, 0.6) is 11.5 Å². The number of fused-ring (bicyclic) bond motifs is 2. The zero-order chi connectivity index (χ0) is 21.1. The molecule has 30 heavy (non-hydrogen) atoms. The van der Waals surface area contributed by atoms with Gasteiger partial charge in [0.15, 0.2) is 0 Å². The van der Waals surface area contributed by atoms with Crippen LogP contribution in [-0.2, 0) is 10.0 Å². The van der Waals surface area contributed by atoms with E-state index < -0.39 is 10.0 Å². The van der Waals surface area contributed by atoms with Crippen LogP contribution in [0.3, 0.4) is 0 Å². The molecule has 1 amide bonds. The highest BCUT2D eigenvalue weighted by molar-refractivity contribution is 7.92. The lowest BCUT2D eigenvalue weighted by atomic mass is 9.97. The summed E-state index contributed by atoms with van der Waals surface area (Å²) in [6, 6.07) is 11.5. The van der Waals surface area contributed by atoms with Crippen LogP contribution in [-0.4, -0.2) is 45.0 Å². The van der Waals surface area contributed by atoms with Gasteiger partial charge >= 0.3 is 0 Å². The predicted octanol–water partition coefficient (Wildman–Crippen LogP) is 3.66. The maximum atomic E-state index is 13.2. The Labute approximate surface area is 177 Å². The third-order valence-electron chi connectivity index (χ3n) is 5.50. The first-order chi connectivity index (χ1) is 14.5. The molecule has 2 heterocycles. The fourth-order valence-corrected chi connectivity index (χ4v) is 5.27. The summed E-state index contributed by atoms with van der Waals surface area (Å²) < 4.78 is 39.8. The highest BCUT2D eigenvalue weighted by Gasteiger charge is 2.31. The number of carbonyl (C=O) groups excluding carboxylic acids is 1. The second-order valence-electron chi connectivity index (χ2n) is 7.48. The number of para-hydroxylation sites is 1. The van der Waals surface area contributed by atoms with Crippen molar-refractivity contribution in [2.24, 2.45) is 0 Å². The first-order valence-electron chi connectivity index (χ1n) is 10.3. The summed E-state index contributed by atoms with van der Waals surface area (Å²) in [5.41, 5.74) is 0.700. The molecule has 0 aromatic heterocycles. The minimum Gasteiger partial charge on any atom is -0.493 e. The smallest absolute Gasteiger partial charge is 0.265 e. The van der Waals surface area contributed by atoms with Gasteiger partial charge in [0.2, 0.25) is 0 Å². The van der Waals surface area contributed by atoms with Gasteiger partial charge < -0.3 is 14.4 Å². The van der Waals surface area contributed by atoms with Gasteiger partial charge in [-0.3, -0.25) is 9.52 Å². The first-order valence-corrected chi connectivity index (χ1v) is 11.8. The monoisotopic (exact) mass is 430 g/mol. The molecule has 2 aliphatic heterocycles. The number of ether oxygens (including phenoxy) is 2. The van der Waals surface area contributed by atoms with Crippen LogP contribution < -0.4 is 14.2 Å². The van der Waals surface area contributed by atoms with Crippen LogP contribution >= 0.6 is 0 Å². The fourth-order valence-electron chi connectivity index (χ4n) is 4.07. The molecule has 0 radical (unpaired) electrons. The Bertz CT molecular complexity index is 1040. The van der Waals surface area contributed by atoms with Crippen molar-refractivity contribution < 1.29 is 22.7 Å². The van der Waals surface area contributed by atoms with Gasteiger partial charge in [-0.1, -0.05) is 12.1 Å². The number of hydrogen-bond donors (Lipinski definition) is 1. The Morgan fingerprint density at radius 1 is 1.17 bits per heavy atom. The molecule has 1 saturated heterocycles. The molecule has 160 valence electrons. The van der Waals surface area contributed by atoms with E-state index >= 15 is 0 Å². The number of carbonyl (C=O) groups is 1. The Balaban J connectivity index is 1.65. The normalized spacial score (nSPS) is 19.0. The number of rotatable bonds is 5. The molecule has 1 unspecified atom stereocenters. The van der Waals surface area contributed by atoms with E-state index in [2.05, 4.69) is 4.72 Å². The zero-order valence-electron chi connectivity index (χ0n) is 17.0. The molecule has 0 saturated carbocycles. The van der Waals surface area contributed by atoms with Crippen molar-refractivity contribution in [3.63, 3.8) is 0 Å². The van der Waals surface area contributed by atoms with Gasteiger partial charge in [-0.05, 0) is 56.5 Å². The SMILES string of the molecule is CCOc1ccccc1S(=O)(=O)Nc1ccc2c(c1)C(=O)N1CCCCC1CCO2. The minimum absolute atomic E-state index is 0.0530. The lowest BCUT2D eigenvalue weighted by Crippen LogP contribution is -2.45. The highest BCUT2D eigenvalue weighted by Crippen LogP contribution is 2.32. The third-order valence-corrected chi connectivity index (χ3v) is 6.92. The Kier molecular flexibility index (Phi) is 5.85. The average Bonchev–Trinajstić information content (AvgIpc) is 2.74. The van der Waals surface area contributed by atoms with Gasteiger partial charge in [0.25, 0.3) is 15.9 Å². The number of piperidine rings is 1. The largest absolute Gasteiger partial charge is 0.493 e. The fraction of sp³-hybridized carbons (Fsp3) is 0.409. The molecule has 1 atom stereocenters. The summed E-state index contributed by atoms with van der Waals surface area (Å²) >= 11 is 0. The van der Waals surface area contributed by atoms with E-state index in [0.717, 1.165) is 32.2 Å². The van der Waals surface area contributed by atoms with Crippen LogP contribution in [0, 0.1) is 0 Å². The molecule has 7 nitrogen and oxygen atoms in total. The summed E-state index contributed by atoms with van der Waals surface area (Å²) in [7, 11) is -3.89. The molecular formula is C22H26N2O5S. The predicted molar refractivity (Wildman–Crippen MR) is 114 cm³/mol. The third kappa shape index (κ3) is 4.09. The zero-order valence-corrected chi connectivity index (χ0v) is 17.8. The molecule has 0 aliphatic carbocycles. The van der Waals surface area contributed by atoms with Gasteiger partial charge in [-0.15, -0.1) is 0 Å². The van der Waals surface area contributed by atoms with Gasteiger partial charge in [-0.25, -0.2) is 8.42 Å². The van der Waals surface area contributed by atoms with E-state index in [4.69, 9.17) is 9.47 Å². The number of nitrogens with zero attached hydrogens (tertiary/aromatic N) is 1. The van der Waals surface area contributed by atoms with E-state index in [9.17, 15) is 13.2 Å². The second-order valence-corrected chi connectivity index (χ2v) is 9.13. The quantitative estimate of drug-likeness (QED) is 0.782. The van der Waals surface area contributed by atoms with Crippen molar-refractivity contribution in [2.75, 3.05) is 24.5 Å². The van der Waals surface area contributed by atoms with Crippen LogP contribution in [0.4, 0.5) is 5.69 Å². The van der Waals surface area contributed by atoms with Gasteiger partial charge in [-0.2, -0.15) is 0 Å². The molecule has 1 N–H and O–H groups in total. The first kappa shape index (κ1) is 20.5. The van der Waals surface area contributed by atoms with Crippen LogP contribution in [0.15, 0.2) is 47.4 Å². The lowest BCUT2D eigenvalue weighted by Gasteiger charge is -2.37. The number of anilines is 1. The Morgan fingerprint density at radius 2 is 2.00 bits per heavy atom. The van der Waals surface area contributed by atoms with Crippen molar-refractivity contribution in [2.45, 2.75) is 43.5 Å². The summed E-state index contributed by atoms with van der Waals surface area (Å²) in [5.74, 6) is 0.668. The number of sulfonamides is 1. The molecule has 2 aromatic rings. The van der Waals surface area contributed by atoms with Crippen molar-refractivity contribution >= 4 is 21.6 Å². The maximum Gasteiger partial charge on any atom is 0.265 e. The number of benzene rings is 2.